The van der Waals surface area contributed by atoms with Crippen molar-refractivity contribution in [2.75, 3.05) is 0 Å². The normalized spacial score (nSPS) is 10.0. The lowest BCUT2D eigenvalue weighted by atomic mass is 10.3. The number of halogens is 1. The molecule has 0 aliphatic heterocycles. The zero-order chi connectivity index (χ0) is 10.7. The van der Waals surface area contributed by atoms with E-state index >= 15 is 0 Å². The fraction of sp³-hybridized carbons (Fsp3) is 0.0909. The molecule has 0 saturated carbocycles. The molecule has 0 aliphatic carbocycles. The van der Waals surface area contributed by atoms with Gasteiger partial charge in [0.15, 0.2) is 0 Å². The van der Waals surface area contributed by atoms with Gasteiger partial charge in [0.2, 0.25) is 0 Å². The number of nitrogens with zero attached hydrogens (tertiary/aromatic N) is 2. The lowest BCUT2D eigenvalue weighted by molar-refractivity contribution is 0.441. The lowest BCUT2D eigenvalue weighted by Gasteiger charge is -2.03. The third kappa shape index (κ3) is 2.76. The van der Waals surface area contributed by atoms with Gasteiger partial charge in [-0.25, -0.2) is 9.97 Å². The van der Waals surface area contributed by atoms with Crippen molar-refractivity contribution in [2.45, 2.75) is 6.92 Å². The quantitative estimate of drug-likeness (QED) is 0.835. The van der Waals surface area contributed by atoms with Crippen molar-refractivity contribution < 1.29 is 4.74 Å². The minimum atomic E-state index is 0.360. The summed E-state index contributed by atoms with van der Waals surface area (Å²) in [6, 6.07) is 7.91. The van der Waals surface area contributed by atoms with Crippen molar-refractivity contribution in [3.63, 3.8) is 0 Å². The lowest BCUT2D eigenvalue weighted by Crippen LogP contribution is -1.91. The molecule has 0 aliphatic rings. The SMILES string of the molecule is Cc1cnc(Oc2cccc(Br)c2)nc1. The van der Waals surface area contributed by atoms with E-state index < -0.39 is 0 Å². The molecule has 1 aromatic heterocycles. The molecule has 0 unspecified atom stereocenters. The van der Waals surface area contributed by atoms with Gasteiger partial charge in [-0.15, -0.1) is 0 Å². The third-order valence-electron chi connectivity index (χ3n) is 1.76. The summed E-state index contributed by atoms with van der Waals surface area (Å²) in [6.07, 6.45) is 3.45. The number of benzene rings is 1. The van der Waals surface area contributed by atoms with E-state index in [0.29, 0.717) is 11.8 Å². The van der Waals surface area contributed by atoms with Crippen molar-refractivity contribution >= 4 is 15.9 Å². The molecular weight excluding hydrogens is 256 g/mol. The monoisotopic (exact) mass is 264 g/mol. The second kappa shape index (κ2) is 4.40. The zero-order valence-electron chi connectivity index (χ0n) is 8.14. The summed E-state index contributed by atoms with van der Waals surface area (Å²) < 4.78 is 6.43. The summed E-state index contributed by atoms with van der Waals surface area (Å²) >= 11 is 3.37. The van der Waals surface area contributed by atoms with Gasteiger partial charge in [-0.3, -0.25) is 0 Å². The second-order valence-electron chi connectivity index (χ2n) is 3.10. The van der Waals surface area contributed by atoms with Crippen molar-refractivity contribution in [1.82, 2.24) is 9.97 Å². The molecule has 2 aromatic rings. The predicted molar refractivity (Wildman–Crippen MR) is 61.0 cm³/mol. The Labute approximate surface area is 96.3 Å². The molecule has 0 spiro atoms. The highest BCUT2D eigenvalue weighted by atomic mass is 79.9. The van der Waals surface area contributed by atoms with Crippen molar-refractivity contribution in [3.8, 4) is 11.8 Å². The standard InChI is InChI=1S/C11H9BrN2O/c1-8-6-13-11(14-7-8)15-10-4-2-3-9(12)5-10/h2-7H,1H3. The first-order valence-electron chi connectivity index (χ1n) is 4.46. The highest BCUT2D eigenvalue weighted by Crippen LogP contribution is 2.21. The van der Waals surface area contributed by atoms with Crippen molar-refractivity contribution in [1.29, 1.82) is 0 Å². The predicted octanol–water partition coefficient (Wildman–Crippen LogP) is 3.34. The van der Waals surface area contributed by atoms with Gasteiger partial charge >= 0.3 is 6.01 Å². The Morgan fingerprint density at radius 3 is 2.60 bits per heavy atom. The Kier molecular flexibility index (Phi) is 2.97. The Morgan fingerprint density at radius 1 is 1.20 bits per heavy atom. The number of aromatic nitrogens is 2. The van der Waals surface area contributed by atoms with Crippen LogP contribution >= 0.6 is 15.9 Å². The molecule has 0 bridgehead atoms. The number of hydrogen-bond acceptors (Lipinski definition) is 3. The summed E-state index contributed by atoms with van der Waals surface area (Å²) in [5, 5.41) is 0. The van der Waals surface area contributed by atoms with E-state index in [0.717, 1.165) is 10.0 Å². The summed E-state index contributed by atoms with van der Waals surface area (Å²) in [5.74, 6) is 0.716. The average molecular weight is 265 g/mol. The van der Waals surface area contributed by atoms with Gasteiger partial charge in [-0.05, 0) is 30.7 Å². The first kappa shape index (κ1) is 10.1. The van der Waals surface area contributed by atoms with E-state index in [2.05, 4.69) is 25.9 Å². The number of rotatable bonds is 2. The maximum atomic E-state index is 5.46. The molecule has 4 heteroatoms. The third-order valence-corrected chi connectivity index (χ3v) is 2.26. The first-order chi connectivity index (χ1) is 7.24. The Balaban J connectivity index is 2.18. The van der Waals surface area contributed by atoms with Gasteiger partial charge in [0, 0.05) is 16.9 Å². The van der Waals surface area contributed by atoms with Crippen LogP contribution in [0.4, 0.5) is 0 Å². The molecule has 15 heavy (non-hydrogen) atoms. The van der Waals surface area contributed by atoms with Crippen molar-refractivity contribution in [2.24, 2.45) is 0 Å². The molecule has 2 rings (SSSR count). The molecule has 1 aromatic carbocycles. The highest BCUT2D eigenvalue weighted by Gasteiger charge is 1.99. The van der Waals surface area contributed by atoms with E-state index in [1.165, 1.54) is 0 Å². The minimum Gasteiger partial charge on any atom is -0.424 e. The van der Waals surface area contributed by atoms with Crippen LogP contribution in [0.25, 0.3) is 0 Å². The Hall–Kier alpha value is -1.42. The molecule has 76 valence electrons. The van der Waals surface area contributed by atoms with E-state index in [4.69, 9.17) is 4.74 Å². The van der Waals surface area contributed by atoms with Gasteiger partial charge in [0.1, 0.15) is 5.75 Å². The topological polar surface area (TPSA) is 35.0 Å². The van der Waals surface area contributed by atoms with Gasteiger partial charge in [0.25, 0.3) is 0 Å². The van der Waals surface area contributed by atoms with E-state index in [1.54, 1.807) is 12.4 Å². The van der Waals surface area contributed by atoms with Crippen LogP contribution in [0.1, 0.15) is 5.56 Å². The molecule has 0 atom stereocenters. The van der Waals surface area contributed by atoms with Crippen LogP contribution in [0.5, 0.6) is 11.8 Å². The molecule has 0 saturated heterocycles. The second-order valence-corrected chi connectivity index (χ2v) is 4.02. The van der Waals surface area contributed by atoms with Gasteiger partial charge in [0.05, 0.1) is 0 Å². The molecular formula is C11H9BrN2O. The molecule has 0 radical (unpaired) electrons. The average Bonchev–Trinajstić information content (AvgIpc) is 2.22. The largest absolute Gasteiger partial charge is 0.424 e. The summed E-state index contributed by atoms with van der Waals surface area (Å²) in [6.45, 7) is 1.93. The number of hydrogen-bond donors (Lipinski definition) is 0. The summed E-state index contributed by atoms with van der Waals surface area (Å²) in [7, 11) is 0. The van der Waals surface area contributed by atoms with Crippen LogP contribution in [0.2, 0.25) is 0 Å². The van der Waals surface area contributed by atoms with E-state index in [9.17, 15) is 0 Å². The molecule has 1 heterocycles. The van der Waals surface area contributed by atoms with Gasteiger partial charge in [-0.2, -0.15) is 0 Å². The molecule has 0 fully saturated rings. The molecule has 0 amide bonds. The van der Waals surface area contributed by atoms with E-state index in [1.807, 2.05) is 31.2 Å². The Bertz CT molecular complexity index is 456. The smallest absolute Gasteiger partial charge is 0.321 e. The number of ether oxygens (including phenoxy) is 1. The maximum Gasteiger partial charge on any atom is 0.321 e. The maximum absolute atomic E-state index is 5.46. The fourth-order valence-corrected chi connectivity index (χ4v) is 1.45. The summed E-state index contributed by atoms with van der Waals surface area (Å²) in [4.78, 5) is 8.11. The van der Waals surface area contributed by atoms with Gasteiger partial charge in [-0.1, -0.05) is 22.0 Å². The zero-order valence-corrected chi connectivity index (χ0v) is 9.73. The van der Waals surface area contributed by atoms with Crippen molar-refractivity contribution in [3.05, 3.63) is 46.7 Å². The number of aryl methyl sites for hydroxylation is 1. The summed E-state index contributed by atoms with van der Waals surface area (Å²) in [5.41, 5.74) is 1.01. The highest BCUT2D eigenvalue weighted by molar-refractivity contribution is 9.10. The van der Waals surface area contributed by atoms with Crippen LogP contribution < -0.4 is 4.74 Å². The molecule has 0 N–H and O–H groups in total. The van der Waals surface area contributed by atoms with Crippen LogP contribution in [-0.4, -0.2) is 9.97 Å². The van der Waals surface area contributed by atoms with Crippen LogP contribution in [0.3, 0.4) is 0 Å². The van der Waals surface area contributed by atoms with Crippen LogP contribution in [-0.2, 0) is 0 Å². The molecule has 3 nitrogen and oxygen atoms in total. The van der Waals surface area contributed by atoms with E-state index in [-0.39, 0.29) is 0 Å². The Morgan fingerprint density at radius 2 is 1.93 bits per heavy atom. The van der Waals surface area contributed by atoms with Crippen LogP contribution in [0.15, 0.2) is 41.1 Å². The first-order valence-corrected chi connectivity index (χ1v) is 5.25. The van der Waals surface area contributed by atoms with Gasteiger partial charge < -0.3 is 4.74 Å². The minimum absolute atomic E-state index is 0.360. The fourth-order valence-electron chi connectivity index (χ4n) is 1.07. The van der Waals surface area contributed by atoms with Crippen LogP contribution in [0, 0.1) is 6.92 Å².